The first-order valence-corrected chi connectivity index (χ1v) is 8.15. The second kappa shape index (κ2) is 7.19. The summed E-state index contributed by atoms with van der Waals surface area (Å²) in [6.07, 6.45) is -1.14. The Balaban J connectivity index is 1.85. The number of hydrogen-bond donors (Lipinski definition) is 2. The van der Waals surface area contributed by atoms with E-state index < -0.39 is 23.8 Å². The van der Waals surface area contributed by atoms with E-state index in [-0.39, 0.29) is 5.92 Å². The SMILES string of the molecule is Cc1cc([C@H]2CN(Cc3ccccc3)C[C@@H]2NC(=O)O)c(F)cc1F. The molecule has 0 unspecified atom stereocenters. The van der Waals surface area contributed by atoms with Gasteiger partial charge in [-0.15, -0.1) is 0 Å². The van der Waals surface area contributed by atoms with Crippen LogP contribution in [-0.4, -0.2) is 35.2 Å². The Bertz CT molecular complexity index is 768. The molecule has 0 bridgehead atoms. The lowest BCUT2D eigenvalue weighted by Gasteiger charge is -2.20. The Morgan fingerprint density at radius 3 is 2.60 bits per heavy atom. The van der Waals surface area contributed by atoms with Crippen molar-refractivity contribution in [3.63, 3.8) is 0 Å². The molecule has 1 amide bonds. The van der Waals surface area contributed by atoms with Crippen LogP contribution in [0.5, 0.6) is 0 Å². The average molecular weight is 346 g/mol. The van der Waals surface area contributed by atoms with Crippen LogP contribution < -0.4 is 5.32 Å². The predicted molar refractivity (Wildman–Crippen MR) is 90.5 cm³/mol. The van der Waals surface area contributed by atoms with Gasteiger partial charge in [-0.1, -0.05) is 30.3 Å². The van der Waals surface area contributed by atoms with Crippen LogP contribution in [0.2, 0.25) is 0 Å². The molecule has 1 heterocycles. The van der Waals surface area contributed by atoms with E-state index in [1.807, 2.05) is 30.3 Å². The molecule has 3 rings (SSSR count). The molecular formula is C19H20F2N2O2. The van der Waals surface area contributed by atoms with Crippen molar-refractivity contribution in [3.05, 3.63) is 70.8 Å². The molecule has 1 aliphatic heterocycles. The number of aryl methyl sites for hydroxylation is 1. The maximum Gasteiger partial charge on any atom is 0.404 e. The summed E-state index contributed by atoms with van der Waals surface area (Å²) in [5.41, 5.74) is 1.81. The highest BCUT2D eigenvalue weighted by molar-refractivity contribution is 5.65. The third-order valence-corrected chi connectivity index (χ3v) is 4.63. The van der Waals surface area contributed by atoms with Gasteiger partial charge in [-0.3, -0.25) is 4.90 Å². The van der Waals surface area contributed by atoms with Crippen molar-refractivity contribution in [1.82, 2.24) is 10.2 Å². The number of amides is 1. The fraction of sp³-hybridized carbons (Fsp3) is 0.316. The molecule has 0 aromatic heterocycles. The number of nitrogens with zero attached hydrogens (tertiary/aromatic N) is 1. The number of carbonyl (C=O) groups is 1. The molecule has 132 valence electrons. The normalized spacial score (nSPS) is 20.6. The second-order valence-electron chi connectivity index (χ2n) is 6.47. The van der Waals surface area contributed by atoms with Crippen molar-refractivity contribution in [1.29, 1.82) is 0 Å². The minimum atomic E-state index is -1.14. The van der Waals surface area contributed by atoms with Crippen LogP contribution in [0, 0.1) is 18.6 Å². The molecule has 0 radical (unpaired) electrons. The molecule has 4 nitrogen and oxygen atoms in total. The number of carboxylic acid groups (broad SMARTS) is 1. The van der Waals surface area contributed by atoms with Gasteiger partial charge in [-0.05, 0) is 29.7 Å². The van der Waals surface area contributed by atoms with Gasteiger partial charge in [-0.2, -0.15) is 0 Å². The van der Waals surface area contributed by atoms with Gasteiger partial charge in [0, 0.05) is 31.6 Å². The first-order valence-electron chi connectivity index (χ1n) is 8.15. The van der Waals surface area contributed by atoms with E-state index in [1.165, 1.54) is 6.07 Å². The molecule has 2 atom stereocenters. The first-order chi connectivity index (χ1) is 11.9. The zero-order valence-electron chi connectivity index (χ0n) is 13.9. The molecular weight excluding hydrogens is 326 g/mol. The summed E-state index contributed by atoms with van der Waals surface area (Å²) in [6, 6.07) is 11.7. The van der Waals surface area contributed by atoms with E-state index in [4.69, 9.17) is 5.11 Å². The van der Waals surface area contributed by atoms with Gasteiger partial charge in [0.2, 0.25) is 0 Å². The summed E-state index contributed by atoms with van der Waals surface area (Å²) >= 11 is 0. The summed E-state index contributed by atoms with van der Waals surface area (Å²) in [7, 11) is 0. The maximum absolute atomic E-state index is 14.3. The maximum atomic E-state index is 14.3. The highest BCUT2D eigenvalue weighted by atomic mass is 19.1. The minimum absolute atomic E-state index is 0.354. The molecule has 1 aliphatic rings. The number of nitrogens with one attached hydrogen (secondary N) is 1. The lowest BCUT2D eigenvalue weighted by Crippen LogP contribution is -2.39. The Morgan fingerprint density at radius 2 is 1.92 bits per heavy atom. The van der Waals surface area contributed by atoms with Crippen LogP contribution in [0.4, 0.5) is 13.6 Å². The Hall–Kier alpha value is -2.47. The topological polar surface area (TPSA) is 52.6 Å². The van der Waals surface area contributed by atoms with Crippen LogP contribution in [-0.2, 0) is 6.54 Å². The standard InChI is InChI=1S/C19H20F2N2O2/c1-12-7-14(17(21)8-16(12)20)15-10-23(11-18(15)22-19(24)25)9-13-5-3-2-4-6-13/h2-8,15,18,22H,9-11H2,1H3,(H,24,25)/t15-,18+/m1/s1. The quantitative estimate of drug-likeness (QED) is 0.891. The summed E-state index contributed by atoms with van der Waals surface area (Å²) in [5.74, 6) is -1.59. The summed E-state index contributed by atoms with van der Waals surface area (Å²) in [5, 5.41) is 11.6. The fourth-order valence-electron chi connectivity index (χ4n) is 3.44. The Kier molecular flexibility index (Phi) is 4.99. The number of benzene rings is 2. The summed E-state index contributed by atoms with van der Waals surface area (Å²) < 4.78 is 27.9. The number of rotatable bonds is 4. The van der Waals surface area contributed by atoms with Gasteiger partial charge in [0.1, 0.15) is 11.6 Å². The molecule has 6 heteroatoms. The van der Waals surface area contributed by atoms with Gasteiger partial charge in [-0.25, -0.2) is 13.6 Å². The van der Waals surface area contributed by atoms with Crippen LogP contribution in [0.15, 0.2) is 42.5 Å². The van der Waals surface area contributed by atoms with Crippen molar-refractivity contribution in [2.45, 2.75) is 25.4 Å². The molecule has 25 heavy (non-hydrogen) atoms. The number of hydrogen-bond acceptors (Lipinski definition) is 2. The Labute approximate surface area is 145 Å². The van der Waals surface area contributed by atoms with Gasteiger partial charge in [0.15, 0.2) is 0 Å². The fourth-order valence-corrected chi connectivity index (χ4v) is 3.44. The highest BCUT2D eigenvalue weighted by Gasteiger charge is 2.36. The van der Waals surface area contributed by atoms with E-state index >= 15 is 0 Å². The van der Waals surface area contributed by atoms with Crippen molar-refractivity contribution in [3.8, 4) is 0 Å². The lowest BCUT2D eigenvalue weighted by molar-refractivity contribution is 0.188. The monoisotopic (exact) mass is 346 g/mol. The van der Waals surface area contributed by atoms with Crippen molar-refractivity contribution >= 4 is 6.09 Å². The van der Waals surface area contributed by atoms with Crippen molar-refractivity contribution in [2.75, 3.05) is 13.1 Å². The largest absolute Gasteiger partial charge is 0.465 e. The summed E-state index contributed by atoms with van der Waals surface area (Å²) in [6.45, 7) is 3.20. The average Bonchev–Trinajstić information content (AvgIpc) is 2.93. The zero-order valence-corrected chi connectivity index (χ0v) is 13.9. The van der Waals surface area contributed by atoms with Gasteiger partial charge in [0.05, 0.1) is 6.04 Å². The number of likely N-dealkylation sites (tertiary alicyclic amines) is 1. The van der Waals surface area contributed by atoms with E-state index in [2.05, 4.69) is 10.2 Å². The molecule has 2 aromatic carbocycles. The highest BCUT2D eigenvalue weighted by Crippen LogP contribution is 2.31. The molecule has 0 spiro atoms. The van der Waals surface area contributed by atoms with E-state index in [1.54, 1.807) is 6.92 Å². The van der Waals surface area contributed by atoms with E-state index in [9.17, 15) is 13.6 Å². The van der Waals surface area contributed by atoms with Crippen molar-refractivity contribution < 1.29 is 18.7 Å². The van der Waals surface area contributed by atoms with E-state index in [0.717, 1.165) is 11.6 Å². The van der Waals surface area contributed by atoms with Gasteiger partial charge < -0.3 is 10.4 Å². The number of halogens is 2. The van der Waals surface area contributed by atoms with Gasteiger partial charge in [0.25, 0.3) is 0 Å². The van der Waals surface area contributed by atoms with E-state index in [0.29, 0.717) is 30.8 Å². The molecule has 2 N–H and O–H groups in total. The first kappa shape index (κ1) is 17.4. The molecule has 0 aliphatic carbocycles. The predicted octanol–water partition coefficient (Wildman–Crippen LogP) is 3.51. The zero-order chi connectivity index (χ0) is 18.0. The minimum Gasteiger partial charge on any atom is -0.465 e. The van der Waals surface area contributed by atoms with Crippen LogP contribution in [0.3, 0.4) is 0 Å². The van der Waals surface area contributed by atoms with Crippen molar-refractivity contribution in [2.24, 2.45) is 0 Å². The Morgan fingerprint density at radius 1 is 1.20 bits per heavy atom. The van der Waals surface area contributed by atoms with Crippen LogP contribution >= 0.6 is 0 Å². The molecule has 0 saturated carbocycles. The smallest absolute Gasteiger partial charge is 0.404 e. The third-order valence-electron chi connectivity index (χ3n) is 4.63. The van der Waals surface area contributed by atoms with Crippen LogP contribution in [0.25, 0.3) is 0 Å². The van der Waals surface area contributed by atoms with Gasteiger partial charge >= 0.3 is 6.09 Å². The summed E-state index contributed by atoms with van der Waals surface area (Å²) in [4.78, 5) is 13.2. The molecule has 1 fully saturated rings. The van der Waals surface area contributed by atoms with Crippen LogP contribution in [0.1, 0.15) is 22.6 Å². The molecule has 2 aromatic rings. The molecule has 1 saturated heterocycles. The second-order valence-corrected chi connectivity index (χ2v) is 6.47. The third kappa shape index (κ3) is 3.96. The lowest BCUT2D eigenvalue weighted by atomic mass is 9.92.